The number of amides is 2. The first kappa shape index (κ1) is 23.2. The molecule has 0 saturated carbocycles. The van der Waals surface area contributed by atoms with Gasteiger partial charge in [0.2, 0.25) is 5.91 Å². The molecular weight excluding hydrogens is 432 g/mol. The fourth-order valence-electron chi connectivity index (χ4n) is 3.31. The van der Waals surface area contributed by atoms with E-state index in [0.717, 1.165) is 5.56 Å². The van der Waals surface area contributed by atoms with Gasteiger partial charge >= 0.3 is 0 Å². The molecular formula is C23H24N2O6S. The molecule has 1 atom stereocenters. The number of hydrogen-bond donors (Lipinski definition) is 1. The Hall–Kier alpha value is -3.46. The van der Waals surface area contributed by atoms with Crippen molar-refractivity contribution in [3.63, 3.8) is 0 Å². The predicted octanol–water partition coefficient (Wildman–Crippen LogP) is 2.53. The summed E-state index contributed by atoms with van der Waals surface area (Å²) in [6.07, 6.45) is 1.54. The Labute approximate surface area is 186 Å². The van der Waals surface area contributed by atoms with Crippen LogP contribution in [0.25, 0.3) is 0 Å². The number of ketones is 1. The summed E-state index contributed by atoms with van der Waals surface area (Å²) < 4.78 is 30.9. The van der Waals surface area contributed by atoms with E-state index in [4.69, 9.17) is 4.74 Å². The van der Waals surface area contributed by atoms with Gasteiger partial charge in [0.25, 0.3) is 5.91 Å². The molecule has 0 fully saturated rings. The average Bonchev–Trinajstić information content (AvgIpc) is 2.74. The highest BCUT2D eigenvalue weighted by molar-refractivity contribution is 7.93. The van der Waals surface area contributed by atoms with Crippen molar-refractivity contribution in [2.24, 2.45) is 0 Å². The third-order valence-corrected chi connectivity index (χ3v) is 7.00. The highest BCUT2D eigenvalue weighted by atomic mass is 32.2. The van der Waals surface area contributed by atoms with Crippen LogP contribution in [0.3, 0.4) is 0 Å². The van der Waals surface area contributed by atoms with Crippen molar-refractivity contribution in [2.75, 3.05) is 29.1 Å². The minimum Gasteiger partial charge on any atom is -0.482 e. The Morgan fingerprint density at radius 2 is 2.00 bits per heavy atom. The Kier molecular flexibility index (Phi) is 6.78. The lowest BCUT2D eigenvalue weighted by Gasteiger charge is -2.29. The van der Waals surface area contributed by atoms with E-state index >= 15 is 0 Å². The van der Waals surface area contributed by atoms with Crippen molar-refractivity contribution in [2.45, 2.75) is 19.1 Å². The number of benzene rings is 2. The van der Waals surface area contributed by atoms with Crippen LogP contribution in [0, 0.1) is 6.92 Å². The molecule has 1 aliphatic rings. The van der Waals surface area contributed by atoms with E-state index < -0.39 is 32.5 Å². The second-order valence-electron chi connectivity index (χ2n) is 7.50. The van der Waals surface area contributed by atoms with Gasteiger partial charge in [-0.05, 0) is 49.7 Å². The summed E-state index contributed by atoms with van der Waals surface area (Å²) in [7, 11) is -4.08. The van der Waals surface area contributed by atoms with Gasteiger partial charge in [0.05, 0.1) is 5.69 Å². The Morgan fingerprint density at radius 1 is 1.25 bits per heavy atom. The molecule has 0 radical (unpaired) electrons. The maximum absolute atomic E-state index is 12.9. The number of Topliss-reactive ketones (excluding diaryl/α,β-unsaturated/α-hetero) is 1. The number of anilines is 2. The van der Waals surface area contributed by atoms with Crippen LogP contribution in [0.5, 0.6) is 5.75 Å². The van der Waals surface area contributed by atoms with Crippen molar-refractivity contribution >= 4 is 38.8 Å². The number of aryl methyl sites for hydroxylation is 1. The molecule has 0 spiro atoms. The van der Waals surface area contributed by atoms with Crippen molar-refractivity contribution in [3.05, 3.63) is 66.2 Å². The van der Waals surface area contributed by atoms with Crippen LogP contribution >= 0.6 is 0 Å². The predicted molar refractivity (Wildman–Crippen MR) is 122 cm³/mol. The summed E-state index contributed by atoms with van der Waals surface area (Å²) in [6, 6.07) is 11.3. The van der Waals surface area contributed by atoms with Gasteiger partial charge in [-0.15, -0.1) is 6.58 Å². The molecule has 9 heteroatoms. The SMILES string of the molecule is C=CCN1C(=O)COc2ccc(C(=O)C(C)S(=O)(=O)CC(=O)Nc3cccc(C)c3)cc21. The van der Waals surface area contributed by atoms with Crippen LogP contribution in [0.2, 0.25) is 0 Å². The van der Waals surface area contributed by atoms with Gasteiger partial charge in [-0.2, -0.15) is 0 Å². The zero-order chi connectivity index (χ0) is 23.5. The minimum absolute atomic E-state index is 0.103. The Balaban J connectivity index is 1.77. The largest absolute Gasteiger partial charge is 0.482 e. The molecule has 0 bridgehead atoms. The van der Waals surface area contributed by atoms with Gasteiger partial charge in [-0.1, -0.05) is 18.2 Å². The smallest absolute Gasteiger partial charge is 0.265 e. The van der Waals surface area contributed by atoms with Crippen molar-refractivity contribution in [3.8, 4) is 5.75 Å². The lowest BCUT2D eigenvalue weighted by Crippen LogP contribution is -2.39. The van der Waals surface area contributed by atoms with Crippen molar-refractivity contribution in [1.82, 2.24) is 0 Å². The summed E-state index contributed by atoms with van der Waals surface area (Å²) in [5, 5.41) is 1.09. The summed E-state index contributed by atoms with van der Waals surface area (Å²) in [6.45, 7) is 6.81. The molecule has 1 N–H and O–H groups in total. The molecule has 0 aromatic heterocycles. The standard InChI is InChI=1S/C23H24N2O6S/c1-4-10-25-19-12-17(8-9-20(19)31-13-22(25)27)23(28)16(3)32(29,30)14-21(26)24-18-7-5-6-15(2)11-18/h4-9,11-12,16H,1,10,13-14H2,2-3H3,(H,24,26). The average molecular weight is 457 g/mol. The van der Waals surface area contributed by atoms with Crippen LogP contribution in [-0.4, -0.2) is 50.2 Å². The first-order chi connectivity index (χ1) is 15.1. The third-order valence-electron chi connectivity index (χ3n) is 5.04. The second-order valence-corrected chi connectivity index (χ2v) is 9.82. The number of carbonyl (C=O) groups is 3. The van der Waals surface area contributed by atoms with E-state index in [1.807, 2.05) is 13.0 Å². The van der Waals surface area contributed by atoms with E-state index in [1.165, 1.54) is 30.0 Å². The fourth-order valence-corrected chi connectivity index (χ4v) is 4.46. The first-order valence-corrected chi connectivity index (χ1v) is 11.6. The fraction of sp³-hybridized carbons (Fsp3) is 0.261. The van der Waals surface area contributed by atoms with Crippen LogP contribution < -0.4 is 15.0 Å². The monoisotopic (exact) mass is 456 g/mol. The van der Waals surface area contributed by atoms with Gasteiger partial charge in [0, 0.05) is 17.8 Å². The summed E-state index contributed by atoms with van der Waals surface area (Å²) in [5.74, 6) is -2.11. The van der Waals surface area contributed by atoms with Crippen molar-refractivity contribution in [1.29, 1.82) is 0 Å². The van der Waals surface area contributed by atoms with E-state index in [-0.39, 0.29) is 24.6 Å². The number of ether oxygens (including phenoxy) is 1. The molecule has 168 valence electrons. The zero-order valence-electron chi connectivity index (χ0n) is 17.8. The molecule has 2 aromatic rings. The summed E-state index contributed by atoms with van der Waals surface area (Å²) in [5.41, 5.74) is 1.86. The number of rotatable bonds is 8. The van der Waals surface area contributed by atoms with Gasteiger partial charge < -0.3 is 15.0 Å². The summed E-state index contributed by atoms with van der Waals surface area (Å²) in [4.78, 5) is 38.8. The molecule has 1 heterocycles. The molecule has 1 unspecified atom stereocenters. The number of carbonyl (C=O) groups excluding carboxylic acids is 3. The quantitative estimate of drug-likeness (QED) is 0.483. The van der Waals surface area contributed by atoms with Gasteiger partial charge in [-0.3, -0.25) is 14.4 Å². The lowest BCUT2D eigenvalue weighted by molar-refractivity contribution is -0.121. The van der Waals surface area contributed by atoms with E-state index in [1.54, 1.807) is 24.3 Å². The van der Waals surface area contributed by atoms with Crippen molar-refractivity contribution < 1.29 is 27.5 Å². The summed E-state index contributed by atoms with van der Waals surface area (Å²) >= 11 is 0. The Morgan fingerprint density at radius 3 is 2.69 bits per heavy atom. The molecule has 8 nitrogen and oxygen atoms in total. The zero-order valence-corrected chi connectivity index (χ0v) is 18.6. The third kappa shape index (κ3) is 5.05. The number of hydrogen-bond acceptors (Lipinski definition) is 6. The van der Waals surface area contributed by atoms with Gasteiger partial charge in [0.15, 0.2) is 22.2 Å². The van der Waals surface area contributed by atoms with Crippen LogP contribution in [-0.2, 0) is 19.4 Å². The number of nitrogens with zero attached hydrogens (tertiary/aromatic N) is 1. The first-order valence-electron chi connectivity index (χ1n) is 9.93. The maximum Gasteiger partial charge on any atom is 0.265 e. The molecule has 2 aromatic carbocycles. The highest BCUT2D eigenvalue weighted by Crippen LogP contribution is 2.33. The molecule has 0 saturated heterocycles. The van der Waals surface area contributed by atoms with Crippen LogP contribution in [0.1, 0.15) is 22.8 Å². The molecule has 32 heavy (non-hydrogen) atoms. The Bertz CT molecular complexity index is 1190. The molecule has 0 aliphatic carbocycles. The lowest BCUT2D eigenvalue weighted by atomic mass is 10.1. The number of sulfone groups is 1. The molecule has 3 rings (SSSR count). The van der Waals surface area contributed by atoms with E-state index in [9.17, 15) is 22.8 Å². The molecule has 2 amide bonds. The van der Waals surface area contributed by atoms with Gasteiger partial charge in [0.1, 0.15) is 16.8 Å². The van der Waals surface area contributed by atoms with Crippen LogP contribution in [0.15, 0.2) is 55.1 Å². The highest BCUT2D eigenvalue weighted by Gasteiger charge is 2.32. The van der Waals surface area contributed by atoms with E-state index in [0.29, 0.717) is 17.1 Å². The molecule has 1 aliphatic heterocycles. The second kappa shape index (κ2) is 9.35. The van der Waals surface area contributed by atoms with E-state index in [2.05, 4.69) is 11.9 Å². The normalized spacial score (nSPS) is 14.2. The number of fused-ring (bicyclic) bond motifs is 1. The topological polar surface area (TPSA) is 110 Å². The minimum atomic E-state index is -4.08. The number of nitrogens with one attached hydrogen (secondary N) is 1. The van der Waals surface area contributed by atoms with Crippen LogP contribution in [0.4, 0.5) is 11.4 Å². The van der Waals surface area contributed by atoms with Gasteiger partial charge in [-0.25, -0.2) is 8.42 Å². The maximum atomic E-state index is 12.9.